The van der Waals surface area contributed by atoms with Crippen molar-refractivity contribution in [3.05, 3.63) is 59.7 Å². The van der Waals surface area contributed by atoms with Gasteiger partial charge in [0.15, 0.2) is 0 Å². The maximum Gasteiger partial charge on any atom is 0.324 e. The molecule has 0 bridgehead atoms. The number of hydrogen-bond acceptors (Lipinski definition) is 7. The zero-order valence-corrected chi connectivity index (χ0v) is 15.2. The van der Waals surface area contributed by atoms with E-state index in [9.17, 15) is 23.3 Å². The van der Waals surface area contributed by atoms with Gasteiger partial charge in [-0.1, -0.05) is 12.7 Å². The second kappa shape index (κ2) is 9.22. The van der Waals surface area contributed by atoms with E-state index < -0.39 is 33.2 Å². The summed E-state index contributed by atoms with van der Waals surface area (Å²) in [5, 5.41) is 10.8. The molecule has 1 rings (SSSR count). The summed E-state index contributed by atoms with van der Waals surface area (Å²) in [6, 6.07) is 3.03. The summed E-state index contributed by atoms with van der Waals surface area (Å²) in [5.74, 6) is -0.806. The van der Waals surface area contributed by atoms with Crippen molar-refractivity contribution in [2.24, 2.45) is 0 Å². The summed E-state index contributed by atoms with van der Waals surface area (Å²) < 4.78 is 36.8. The lowest BCUT2D eigenvalue weighted by Crippen LogP contribution is -2.50. The van der Waals surface area contributed by atoms with Gasteiger partial charge in [0.05, 0.1) is 16.9 Å². The number of sulfonamides is 1. The second-order valence-electron chi connectivity index (χ2n) is 5.01. The number of methoxy groups -OCH3 is 2. The Morgan fingerprint density at radius 1 is 1.31 bits per heavy atom. The van der Waals surface area contributed by atoms with E-state index in [1.165, 1.54) is 19.3 Å². The summed E-state index contributed by atoms with van der Waals surface area (Å²) in [5.41, 5.74) is -0.266. The Morgan fingerprint density at radius 3 is 2.27 bits per heavy atom. The van der Waals surface area contributed by atoms with Crippen LogP contribution in [0, 0.1) is 10.1 Å². The number of rotatable bonds is 10. The number of hydrogen-bond donors (Lipinski definition) is 0. The van der Waals surface area contributed by atoms with Crippen molar-refractivity contribution in [1.29, 1.82) is 0 Å². The smallest absolute Gasteiger partial charge is 0.324 e. The van der Waals surface area contributed by atoms with E-state index in [0.29, 0.717) is 0 Å². The molecule has 0 spiro atoms. The fraction of sp³-hybridized carbons (Fsp3) is 0.312. The van der Waals surface area contributed by atoms with Gasteiger partial charge in [0.2, 0.25) is 10.0 Å². The Morgan fingerprint density at radius 2 is 1.88 bits per heavy atom. The third-order valence-electron chi connectivity index (χ3n) is 3.49. The van der Waals surface area contributed by atoms with E-state index in [1.54, 1.807) is 0 Å². The number of ether oxygens (including phenoxy) is 2. The molecule has 1 aromatic carbocycles. The molecule has 0 aliphatic heterocycles. The fourth-order valence-corrected chi connectivity index (χ4v) is 3.92. The van der Waals surface area contributed by atoms with Crippen LogP contribution in [0.25, 0.3) is 0 Å². The molecular weight excluding hydrogens is 364 g/mol. The topological polar surface area (TPSA) is 116 Å². The van der Waals surface area contributed by atoms with Gasteiger partial charge in [-0.15, -0.1) is 6.58 Å². The van der Waals surface area contributed by atoms with Crippen LogP contribution in [-0.4, -0.2) is 50.1 Å². The number of nitro benzene ring substituents is 1. The highest BCUT2D eigenvalue weighted by Crippen LogP contribution is 2.26. The average molecular weight is 384 g/mol. The van der Waals surface area contributed by atoms with Crippen LogP contribution < -0.4 is 0 Å². The highest BCUT2D eigenvalue weighted by Gasteiger charge is 2.40. The minimum atomic E-state index is -4.28. The van der Waals surface area contributed by atoms with Crippen LogP contribution in [0.3, 0.4) is 0 Å². The lowest BCUT2D eigenvalue weighted by Gasteiger charge is -2.32. The summed E-state index contributed by atoms with van der Waals surface area (Å²) in [6.07, 6.45) is 1.38. The van der Waals surface area contributed by atoms with Crippen molar-refractivity contribution in [1.82, 2.24) is 4.31 Å². The van der Waals surface area contributed by atoms with Gasteiger partial charge in [0.1, 0.15) is 12.3 Å². The molecule has 2 atom stereocenters. The standard InChI is InChI=1S/C16H20N2O7S/c1-5-7-14(16(19)25-4)17(15(6-2)24-3)26(22,23)13-10-8-12(9-11-13)18(20)21/h5-6,8-11,14-15H,1-2,7H2,3-4H3. The molecule has 0 aromatic heterocycles. The van der Waals surface area contributed by atoms with Crippen molar-refractivity contribution in [2.45, 2.75) is 23.6 Å². The second-order valence-corrected chi connectivity index (χ2v) is 6.85. The summed E-state index contributed by atoms with van der Waals surface area (Å²) in [6.45, 7) is 7.05. The van der Waals surface area contributed by atoms with Crippen LogP contribution in [0.15, 0.2) is 54.5 Å². The molecule has 0 heterocycles. The maximum atomic E-state index is 13.1. The molecule has 0 saturated carbocycles. The first-order valence-electron chi connectivity index (χ1n) is 7.36. The minimum absolute atomic E-state index is 0.0351. The highest BCUT2D eigenvalue weighted by atomic mass is 32.2. The Hall–Kier alpha value is -2.56. The molecule has 0 aliphatic carbocycles. The Bertz CT molecular complexity index is 774. The van der Waals surface area contributed by atoms with Gasteiger partial charge < -0.3 is 9.47 Å². The van der Waals surface area contributed by atoms with Crippen molar-refractivity contribution in [2.75, 3.05) is 14.2 Å². The van der Waals surface area contributed by atoms with E-state index in [1.807, 2.05) is 0 Å². The maximum absolute atomic E-state index is 13.1. The molecule has 0 fully saturated rings. The molecule has 0 amide bonds. The molecule has 142 valence electrons. The van der Waals surface area contributed by atoms with Crippen molar-refractivity contribution < 1.29 is 27.6 Å². The first-order valence-corrected chi connectivity index (χ1v) is 8.80. The van der Waals surface area contributed by atoms with Gasteiger partial charge in [-0.3, -0.25) is 14.9 Å². The third-order valence-corrected chi connectivity index (χ3v) is 5.37. The molecule has 2 unspecified atom stereocenters. The van der Waals surface area contributed by atoms with Crippen LogP contribution in [0.2, 0.25) is 0 Å². The van der Waals surface area contributed by atoms with Gasteiger partial charge in [-0.05, 0) is 24.6 Å². The summed E-state index contributed by atoms with van der Waals surface area (Å²) >= 11 is 0. The van der Waals surface area contributed by atoms with Crippen molar-refractivity contribution in [3.63, 3.8) is 0 Å². The first kappa shape index (κ1) is 21.5. The third kappa shape index (κ3) is 4.54. The predicted octanol–water partition coefficient (Wildman–Crippen LogP) is 1.86. The largest absolute Gasteiger partial charge is 0.468 e. The normalized spacial score (nSPS) is 13.7. The fourth-order valence-electron chi connectivity index (χ4n) is 2.25. The molecule has 0 radical (unpaired) electrons. The Kier molecular flexibility index (Phi) is 7.62. The average Bonchev–Trinajstić information content (AvgIpc) is 2.63. The summed E-state index contributed by atoms with van der Waals surface area (Å²) in [7, 11) is -1.89. The monoisotopic (exact) mass is 384 g/mol. The molecule has 1 aromatic rings. The highest BCUT2D eigenvalue weighted by molar-refractivity contribution is 7.89. The van der Waals surface area contributed by atoms with E-state index in [4.69, 9.17) is 9.47 Å². The lowest BCUT2D eigenvalue weighted by molar-refractivity contribution is -0.384. The van der Waals surface area contributed by atoms with Crippen LogP contribution in [-0.2, 0) is 24.3 Å². The summed E-state index contributed by atoms with van der Waals surface area (Å²) in [4.78, 5) is 22.0. The zero-order valence-electron chi connectivity index (χ0n) is 14.4. The Labute approximate surface area is 151 Å². The molecule has 10 heteroatoms. The van der Waals surface area contributed by atoms with Gasteiger partial charge in [-0.25, -0.2) is 8.42 Å². The number of carbonyl (C=O) groups excluding carboxylic acids is 1. The number of benzene rings is 1. The minimum Gasteiger partial charge on any atom is -0.468 e. The van der Waals surface area contributed by atoms with Gasteiger partial charge in [0.25, 0.3) is 5.69 Å². The molecular formula is C16H20N2O7S. The van der Waals surface area contributed by atoms with E-state index in [2.05, 4.69) is 13.2 Å². The molecule has 26 heavy (non-hydrogen) atoms. The number of non-ortho nitro benzene ring substituents is 1. The lowest BCUT2D eigenvalue weighted by atomic mass is 10.2. The molecule has 0 aliphatic rings. The number of nitro groups is 1. The van der Waals surface area contributed by atoms with Crippen LogP contribution in [0.4, 0.5) is 5.69 Å². The molecule has 0 N–H and O–H groups in total. The molecule has 9 nitrogen and oxygen atoms in total. The number of carbonyl (C=O) groups is 1. The van der Waals surface area contributed by atoms with Gasteiger partial charge in [0, 0.05) is 19.2 Å². The quantitative estimate of drug-likeness (QED) is 0.199. The first-order chi connectivity index (χ1) is 12.2. The van der Waals surface area contributed by atoms with Gasteiger partial charge >= 0.3 is 5.97 Å². The van der Waals surface area contributed by atoms with Crippen LogP contribution in [0.1, 0.15) is 6.42 Å². The number of nitrogens with zero attached hydrogens (tertiary/aromatic N) is 2. The van der Waals surface area contributed by atoms with E-state index in [0.717, 1.165) is 35.7 Å². The number of esters is 1. The van der Waals surface area contributed by atoms with Crippen molar-refractivity contribution in [3.8, 4) is 0 Å². The zero-order chi connectivity index (χ0) is 19.9. The van der Waals surface area contributed by atoms with Crippen LogP contribution >= 0.6 is 0 Å². The van der Waals surface area contributed by atoms with E-state index in [-0.39, 0.29) is 17.0 Å². The van der Waals surface area contributed by atoms with Crippen LogP contribution in [0.5, 0.6) is 0 Å². The van der Waals surface area contributed by atoms with Crippen molar-refractivity contribution >= 4 is 21.7 Å². The SMILES string of the molecule is C=CCC(C(=O)OC)N(C(C=C)OC)S(=O)(=O)c1ccc([N+](=O)[O-])cc1. The Balaban J connectivity index is 3.52. The van der Waals surface area contributed by atoms with Gasteiger partial charge in [-0.2, -0.15) is 4.31 Å². The molecule has 0 saturated heterocycles. The predicted molar refractivity (Wildman–Crippen MR) is 93.7 cm³/mol. The van der Waals surface area contributed by atoms with E-state index >= 15 is 0 Å².